The minimum atomic E-state index is -0.411. The summed E-state index contributed by atoms with van der Waals surface area (Å²) in [7, 11) is 0. The first kappa shape index (κ1) is 17.0. The molecule has 2 rings (SSSR count). The third-order valence-electron chi connectivity index (χ3n) is 3.93. The van der Waals surface area contributed by atoms with Crippen molar-refractivity contribution in [3.05, 3.63) is 71.3 Å². The number of aliphatic hydroxyl groups excluding tert-OH is 1. The number of urea groups is 1. The van der Waals surface area contributed by atoms with Crippen LogP contribution in [0.4, 0.5) is 4.79 Å². The Morgan fingerprint density at radius 1 is 1.00 bits per heavy atom. The number of carbonyl (C=O) groups is 1. The van der Waals surface area contributed by atoms with Crippen LogP contribution in [0.15, 0.2) is 54.6 Å². The van der Waals surface area contributed by atoms with E-state index >= 15 is 0 Å². The van der Waals surface area contributed by atoms with E-state index in [9.17, 15) is 9.90 Å². The van der Waals surface area contributed by atoms with Gasteiger partial charge in [-0.2, -0.15) is 0 Å². The van der Waals surface area contributed by atoms with Gasteiger partial charge in [-0.15, -0.1) is 0 Å². The molecule has 23 heavy (non-hydrogen) atoms. The van der Waals surface area contributed by atoms with Gasteiger partial charge in [0, 0.05) is 0 Å². The summed E-state index contributed by atoms with van der Waals surface area (Å²) in [6.07, 6.45) is 0.998. The zero-order chi connectivity index (χ0) is 16.7. The van der Waals surface area contributed by atoms with Crippen molar-refractivity contribution in [2.45, 2.75) is 32.4 Å². The molecule has 0 bridgehead atoms. The third-order valence-corrected chi connectivity index (χ3v) is 3.93. The van der Waals surface area contributed by atoms with Gasteiger partial charge in [0.25, 0.3) is 0 Å². The summed E-state index contributed by atoms with van der Waals surface area (Å²) < 4.78 is 0. The van der Waals surface area contributed by atoms with E-state index < -0.39 is 6.04 Å². The molecule has 0 aliphatic heterocycles. The second-order valence-corrected chi connectivity index (χ2v) is 5.58. The molecule has 0 radical (unpaired) electrons. The summed E-state index contributed by atoms with van der Waals surface area (Å²) in [6.45, 7) is 3.91. The zero-order valence-electron chi connectivity index (χ0n) is 13.6. The molecule has 4 nitrogen and oxygen atoms in total. The number of benzene rings is 2. The van der Waals surface area contributed by atoms with E-state index in [2.05, 4.69) is 29.7 Å². The fourth-order valence-corrected chi connectivity index (χ4v) is 2.44. The molecule has 4 heteroatoms. The van der Waals surface area contributed by atoms with Crippen molar-refractivity contribution >= 4 is 6.03 Å². The number of amides is 2. The standard InChI is InChI=1S/C19H24N2O2/c1-3-15-9-11-16(12-10-15)14(2)20-19(23)21-18(13-22)17-7-5-4-6-8-17/h4-12,14,18,22H,3,13H2,1-2H3,(H2,20,21,23). The molecule has 2 aromatic carbocycles. The number of rotatable bonds is 6. The quantitative estimate of drug-likeness (QED) is 0.766. The maximum Gasteiger partial charge on any atom is 0.315 e. The summed E-state index contributed by atoms with van der Waals surface area (Å²) in [5.74, 6) is 0. The van der Waals surface area contributed by atoms with Crippen LogP contribution in [-0.4, -0.2) is 17.7 Å². The Balaban J connectivity index is 1.94. The molecular weight excluding hydrogens is 288 g/mol. The first-order valence-electron chi connectivity index (χ1n) is 7.95. The van der Waals surface area contributed by atoms with Gasteiger partial charge in [0.1, 0.15) is 0 Å². The van der Waals surface area contributed by atoms with Crippen molar-refractivity contribution in [2.75, 3.05) is 6.61 Å². The largest absolute Gasteiger partial charge is 0.394 e. The highest BCUT2D eigenvalue weighted by Crippen LogP contribution is 2.15. The molecule has 3 N–H and O–H groups in total. The van der Waals surface area contributed by atoms with Gasteiger partial charge >= 0.3 is 6.03 Å². The fourth-order valence-electron chi connectivity index (χ4n) is 2.44. The van der Waals surface area contributed by atoms with Crippen molar-refractivity contribution in [3.63, 3.8) is 0 Å². The van der Waals surface area contributed by atoms with Gasteiger partial charge < -0.3 is 15.7 Å². The Kier molecular flexibility index (Phi) is 6.18. The Morgan fingerprint density at radius 2 is 1.65 bits per heavy atom. The number of hydrogen-bond donors (Lipinski definition) is 3. The average Bonchev–Trinajstić information content (AvgIpc) is 2.60. The van der Waals surface area contributed by atoms with Crippen LogP contribution in [0.3, 0.4) is 0 Å². The molecule has 0 saturated heterocycles. The summed E-state index contributed by atoms with van der Waals surface area (Å²) in [5.41, 5.74) is 3.21. The highest BCUT2D eigenvalue weighted by atomic mass is 16.3. The van der Waals surface area contributed by atoms with E-state index in [1.54, 1.807) is 0 Å². The van der Waals surface area contributed by atoms with Crippen molar-refractivity contribution < 1.29 is 9.90 Å². The van der Waals surface area contributed by atoms with Crippen molar-refractivity contribution in [1.82, 2.24) is 10.6 Å². The topological polar surface area (TPSA) is 61.4 Å². The predicted octanol–water partition coefficient (Wildman–Crippen LogP) is 3.34. The zero-order valence-corrected chi connectivity index (χ0v) is 13.6. The molecule has 2 unspecified atom stereocenters. The van der Waals surface area contributed by atoms with Gasteiger partial charge in [-0.25, -0.2) is 4.79 Å². The number of nitrogens with one attached hydrogen (secondary N) is 2. The van der Waals surface area contributed by atoms with Crippen LogP contribution in [0.25, 0.3) is 0 Å². The van der Waals surface area contributed by atoms with Crippen molar-refractivity contribution in [3.8, 4) is 0 Å². The van der Waals surface area contributed by atoms with E-state index in [1.807, 2.05) is 49.4 Å². The molecule has 0 aromatic heterocycles. The predicted molar refractivity (Wildman–Crippen MR) is 92.2 cm³/mol. The first-order chi connectivity index (χ1) is 11.1. The normalized spacial score (nSPS) is 13.2. The van der Waals surface area contributed by atoms with E-state index in [0.29, 0.717) is 0 Å². The minimum absolute atomic E-state index is 0.101. The summed E-state index contributed by atoms with van der Waals surface area (Å²) in [6, 6.07) is 16.8. The summed E-state index contributed by atoms with van der Waals surface area (Å²) in [4.78, 5) is 12.2. The Labute approximate surface area is 137 Å². The minimum Gasteiger partial charge on any atom is -0.394 e. The smallest absolute Gasteiger partial charge is 0.315 e. The van der Waals surface area contributed by atoms with E-state index in [4.69, 9.17) is 0 Å². The van der Waals surface area contributed by atoms with E-state index in [0.717, 1.165) is 17.5 Å². The van der Waals surface area contributed by atoms with Crippen LogP contribution in [0.1, 0.15) is 42.6 Å². The Hall–Kier alpha value is -2.33. The highest BCUT2D eigenvalue weighted by Gasteiger charge is 2.15. The molecule has 0 fully saturated rings. The van der Waals surface area contributed by atoms with Gasteiger partial charge in [-0.1, -0.05) is 61.5 Å². The van der Waals surface area contributed by atoms with Crippen LogP contribution in [0, 0.1) is 0 Å². The average molecular weight is 312 g/mol. The monoisotopic (exact) mass is 312 g/mol. The van der Waals surface area contributed by atoms with E-state index in [-0.39, 0.29) is 18.7 Å². The SMILES string of the molecule is CCc1ccc(C(C)NC(=O)NC(CO)c2ccccc2)cc1. The number of carbonyl (C=O) groups excluding carboxylic acids is 1. The summed E-state index contributed by atoms with van der Waals surface area (Å²) >= 11 is 0. The molecule has 0 aliphatic carbocycles. The number of hydrogen-bond acceptors (Lipinski definition) is 2. The molecule has 2 aromatic rings. The first-order valence-corrected chi connectivity index (χ1v) is 7.95. The molecular formula is C19H24N2O2. The molecule has 0 spiro atoms. The molecule has 2 amide bonds. The van der Waals surface area contributed by atoms with Gasteiger partial charge in [-0.3, -0.25) is 0 Å². The lowest BCUT2D eigenvalue weighted by atomic mass is 10.1. The fraction of sp³-hybridized carbons (Fsp3) is 0.316. The van der Waals surface area contributed by atoms with Gasteiger partial charge in [0.2, 0.25) is 0 Å². The maximum atomic E-state index is 12.2. The molecule has 0 heterocycles. The molecule has 0 aliphatic rings. The molecule has 122 valence electrons. The second kappa shape index (κ2) is 8.34. The molecule has 0 saturated carbocycles. The van der Waals surface area contributed by atoms with Crippen LogP contribution in [0.5, 0.6) is 0 Å². The third kappa shape index (κ3) is 4.83. The lowest BCUT2D eigenvalue weighted by molar-refractivity contribution is 0.214. The second-order valence-electron chi connectivity index (χ2n) is 5.58. The maximum absolute atomic E-state index is 12.2. The van der Waals surface area contributed by atoms with Crippen LogP contribution in [0.2, 0.25) is 0 Å². The Morgan fingerprint density at radius 3 is 2.22 bits per heavy atom. The summed E-state index contributed by atoms with van der Waals surface area (Å²) in [5, 5.41) is 15.2. The van der Waals surface area contributed by atoms with Crippen molar-refractivity contribution in [1.29, 1.82) is 0 Å². The van der Waals surface area contributed by atoms with Gasteiger partial charge in [-0.05, 0) is 30.0 Å². The van der Waals surface area contributed by atoms with E-state index in [1.165, 1.54) is 5.56 Å². The number of aliphatic hydroxyl groups is 1. The van der Waals surface area contributed by atoms with Gasteiger partial charge in [0.05, 0.1) is 18.7 Å². The number of aryl methyl sites for hydroxylation is 1. The van der Waals surface area contributed by atoms with Crippen LogP contribution in [-0.2, 0) is 6.42 Å². The van der Waals surface area contributed by atoms with Crippen LogP contribution >= 0.6 is 0 Å². The Bertz CT molecular complexity index is 611. The highest BCUT2D eigenvalue weighted by molar-refractivity contribution is 5.75. The lowest BCUT2D eigenvalue weighted by Gasteiger charge is -2.20. The molecule has 2 atom stereocenters. The van der Waals surface area contributed by atoms with Gasteiger partial charge in [0.15, 0.2) is 0 Å². The van der Waals surface area contributed by atoms with Crippen molar-refractivity contribution in [2.24, 2.45) is 0 Å². The van der Waals surface area contributed by atoms with Crippen LogP contribution < -0.4 is 10.6 Å². The lowest BCUT2D eigenvalue weighted by Crippen LogP contribution is -2.40.